The molecule has 0 amide bonds. The zero-order valence-electron chi connectivity index (χ0n) is 10.8. The first kappa shape index (κ1) is 12.1. The molecule has 5 nitrogen and oxygen atoms in total. The van der Waals surface area contributed by atoms with Crippen molar-refractivity contribution in [3.8, 4) is 0 Å². The fourth-order valence-electron chi connectivity index (χ4n) is 2.07. The number of rotatable bonds is 2. The molecule has 0 bridgehead atoms. The summed E-state index contributed by atoms with van der Waals surface area (Å²) in [6, 6.07) is 3.84. The largest absolute Gasteiger partial charge is 0.298 e. The highest BCUT2D eigenvalue weighted by Crippen LogP contribution is 2.45. The molecule has 0 saturated heterocycles. The molecule has 0 aliphatic rings. The van der Waals surface area contributed by atoms with E-state index in [9.17, 15) is 4.57 Å². The van der Waals surface area contributed by atoms with E-state index in [2.05, 4.69) is 10.2 Å². The summed E-state index contributed by atoms with van der Waals surface area (Å²) in [6.07, 6.45) is 0. The molecular weight excluding hydrogens is 235 g/mol. The Morgan fingerprint density at radius 2 is 1.29 bits per heavy atom. The lowest BCUT2D eigenvalue weighted by Crippen LogP contribution is -2.10. The van der Waals surface area contributed by atoms with Crippen LogP contribution in [0.5, 0.6) is 0 Å². The van der Waals surface area contributed by atoms with E-state index in [-0.39, 0.29) is 0 Å². The van der Waals surface area contributed by atoms with Gasteiger partial charge in [-0.05, 0) is 39.8 Å². The fourth-order valence-corrected chi connectivity index (χ4v) is 4.13. The number of hydrogen-bond acceptors (Lipinski definition) is 3. The predicted octanol–water partition coefficient (Wildman–Crippen LogP) is 2.53. The summed E-state index contributed by atoms with van der Waals surface area (Å²) in [5.41, 5.74) is 3.51. The quantitative estimate of drug-likeness (QED) is 0.772. The third-order valence-electron chi connectivity index (χ3n) is 2.67. The Morgan fingerprint density at radius 1 is 0.941 bits per heavy atom. The Kier molecular flexibility index (Phi) is 2.74. The molecular formula is C11H17N4OP. The molecule has 0 aliphatic heterocycles. The van der Waals surface area contributed by atoms with Crippen LogP contribution in [0, 0.1) is 27.7 Å². The van der Waals surface area contributed by atoms with Crippen LogP contribution in [0.15, 0.2) is 12.1 Å². The van der Waals surface area contributed by atoms with Gasteiger partial charge < -0.3 is 0 Å². The fraction of sp³-hybridized carbons (Fsp3) is 0.455. The van der Waals surface area contributed by atoms with Gasteiger partial charge in [0, 0.05) is 18.1 Å². The van der Waals surface area contributed by atoms with Gasteiger partial charge in [-0.2, -0.15) is 19.1 Å². The average molecular weight is 252 g/mol. The highest BCUT2D eigenvalue weighted by molar-refractivity contribution is 7.59. The third-order valence-corrected chi connectivity index (χ3v) is 4.89. The first-order valence-electron chi connectivity index (χ1n) is 5.48. The summed E-state index contributed by atoms with van der Waals surface area (Å²) in [7, 11) is -2.82. The molecule has 0 unspecified atom stereocenters. The molecule has 2 rings (SSSR count). The van der Waals surface area contributed by atoms with Gasteiger partial charge in [0.2, 0.25) is 0 Å². The van der Waals surface area contributed by atoms with E-state index in [1.165, 1.54) is 0 Å². The number of hydrogen-bond donors (Lipinski definition) is 0. The summed E-state index contributed by atoms with van der Waals surface area (Å²) < 4.78 is 16.1. The molecule has 0 spiro atoms. The standard InChI is InChI=1S/C11H17N4OP/c1-8-6-10(3)14(12-8)17(5,16)15-11(4)7-9(2)13-15/h6-7H,1-5H3. The molecule has 92 valence electrons. The summed E-state index contributed by atoms with van der Waals surface area (Å²) in [5, 5.41) is 8.60. The third kappa shape index (κ3) is 1.95. The number of aromatic nitrogens is 4. The smallest absolute Gasteiger partial charge is 0.272 e. The van der Waals surface area contributed by atoms with E-state index in [4.69, 9.17) is 0 Å². The minimum Gasteiger partial charge on any atom is -0.272 e. The second-order valence-electron chi connectivity index (χ2n) is 4.47. The lowest BCUT2D eigenvalue weighted by molar-refractivity contribution is 0.551. The van der Waals surface area contributed by atoms with E-state index < -0.39 is 7.44 Å². The molecule has 0 aromatic carbocycles. The topological polar surface area (TPSA) is 52.7 Å². The highest BCUT2D eigenvalue weighted by atomic mass is 31.2. The van der Waals surface area contributed by atoms with Gasteiger partial charge in [-0.25, -0.2) is 0 Å². The monoisotopic (exact) mass is 252 g/mol. The average Bonchev–Trinajstić information content (AvgIpc) is 2.70. The molecule has 17 heavy (non-hydrogen) atoms. The maximum Gasteiger partial charge on any atom is 0.298 e. The van der Waals surface area contributed by atoms with Crippen LogP contribution in [-0.2, 0) is 4.57 Å². The molecule has 0 N–H and O–H groups in total. The van der Waals surface area contributed by atoms with Crippen LogP contribution >= 0.6 is 7.44 Å². The Morgan fingerprint density at radius 3 is 1.53 bits per heavy atom. The molecule has 2 aromatic rings. The molecule has 0 saturated carbocycles. The van der Waals surface area contributed by atoms with Crippen LogP contribution in [0.1, 0.15) is 22.8 Å². The minimum atomic E-state index is -2.82. The van der Waals surface area contributed by atoms with Crippen LogP contribution in [0.3, 0.4) is 0 Å². The lowest BCUT2D eigenvalue weighted by Gasteiger charge is -2.16. The normalized spacial score (nSPS) is 12.1. The van der Waals surface area contributed by atoms with E-state index in [0.717, 1.165) is 22.8 Å². The van der Waals surface area contributed by atoms with E-state index >= 15 is 0 Å². The van der Waals surface area contributed by atoms with Crippen molar-refractivity contribution < 1.29 is 4.57 Å². The van der Waals surface area contributed by atoms with Crippen molar-refractivity contribution in [2.24, 2.45) is 0 Å². The molecule has 0 radical (unpaired) electrons. The van der Waals surface area contributed by atoms with Crippen LogP contribution in [0.25, 0.3) is 0 Å². The SMILES string of the molecule is Cc1cc(C)n(P(C)(=O)n2nc(C)cc2C)n1. The van der Waals surface area contributed by atoms with Gasteiger partial charge in [0.15, 0.2) is 0 Å². The molecule has 6 heteroatoms. The Balaban J connectivity index is 2.61. The van der Waals surface area contributed by atoms with Crippen molar-refractivity contribution in [3.63, 3.8) is 0 Å². The molecule has 2 aromatic heterocycles. The van der Waals surface area contributed by atoms with Crippen molar-refractivity contribution in [1.82, 2.24) is 19.1 Å². The van der Waals surface area contributed by atoms with Crippen LogP contribution in [0.2, 0.25) is 0 Å². The van der Waals surface area contributed by atoms with Gasteiger partial charge >= 0.3 is 0 Å². The maximum atomic E-state index is 12.9. The second kappa shape index (κ2) is 3.84. The van der Waals surface area contributed by atoms with Crippen molar-refractivity contribution in [1.29, 1.82) is 0 Å². The van der Waals surface area contributed by atoms with Gasteiger partial charge in [-0.15, -0.1) is 0 Å². The van der Waals surface area contributed by atoms with E-state index in [0.29, 0.717) is 0 Å². The van der Waals surface area contributed by atoms with Crippen molar-refractivity contribution >= 4 is 7.44 Å². The maximum absolute atomic E-state index is 12.9. The Labute approximate surface area is 101 Å². The van der Waals surface area contributed by atoms with E-state index in [1.54, 1.807) is 15.6 Å². The minimum absolute atomic E-state index is 0.867. The summed E-state index contributed by atoms with van der Waals surface area (Å²) in [4.78, 5) is 0. The number of aryl methyl sites for hydroxylation is 4. The lowest BCUT2D eigenvalue weighted by atomic mass is 10.4. The molecule has 2 heterocycles. The summed E-state index contributed by atoms with van der Waals surface area (Å²) in [6.45, 7) is 9.28. The Bertz CT molecular complexity index is 561. The first-order chi connectivity index (χ1) is 7.82. The summed E-state index contributed by atoms with van der Waals surface area (Å²) >= 11 is 0. The van der Waals surface area contributed by atoms with Crippen LogP contribution < -0.4 is 0 Å². The van der Waals surface area contributed by atoms with Gasteiger partial charge in [0.05, 0.1) is 11.4 Å². The van der Waals surface area contributed by atoms with Crippen molar-refractivity contribution in [2.75, 3.05) is 6.66 Å². The second-order valence-corrected chi connectivity index (χ2v) is 6.90. The molecule has 0 fully saturated rings. The first-order valence-corrected chi connectivity index (χ1v) is 7.54. The van der Waals surface area contributed by atoms with Crippen molar-refractivity contribution in [3.05, 3.63) is 34.9 Å². The van der Waals surface area contributed by atoms with Gasteiger partial charge in [0.1, 0.15) is 0 Å². The predicted molar refractivity (Wildman–Crippen MR) is 67.7 cm³/mol. The van der Waals surface area contributed by atoms with E-state index in [1.807, 2.05) is 39.8 Å². The number of nitrogens with zero attached hydrogens (tertiary/aromatic N) is 4. The summed E-state index contributed by atoms with van der Waals surface area (Å²) in [5.74, 6) is 0. The van der Waals surface area contributed by atoms with Gasteiger partial charge in [-0.1, -0.05) is 0 Å². The zero-order chi connectivity index (χ0) is 12.8. The van der Waals surface area contributed by atoms with Gasteiger partial charge in [-0.3, -0.25) is 4.57 Å². The highest BCUT2D eigenvalue weighted by Gasteiger charge is 2.26. The zero-order valence-corrected chi connectivity index (χ0v) is 11.7. The van der Waals surface area contributed by atoms with Crippen LogP contribution in [0.4, 0.5) is 0 Å². The molecule has 0 aliphatic carbocycles. The van der Waals surface area contributed by atoms with Crippen LogP contribution in [-0.4, -0.2) is 25.8 Å². The van der Waals surface area contributed by atoms with Gasteiger partial charge in [0.25, 0.3) is 7.44 Å². The molecule has 0 atom stereocenters. The Hall–Kier alpha value is -1.35. The van der Waals surface area contributed by atoms with Crippen molar-refractivity contribution in [2.45, 2.75) is 27.7 Å².